The molecule has 0 fully saturated rings. The highest BCUT2D eigenvalue weighted by Gasteiger charge is 2.08. The van der Waals surface area contributed by atoms with Gasteiger partial charge in [0.05, 0.1) is 12.7 Å². The molecule has 0 atom stereocenters. The number of hydrogen-bond acceptors (Lipinski definition) is 3. The fourth-order valence-corrected chi connectivity index (χ4v) is 1.91. The molecule has 102 valence electrons. The standard InChI is InChI=1S/C17H16O3/c1-12-7-9-15(18)14(11-12)16(19)10-8-13-5-3-4-6-17(13)20-2/h3-11,18H,1-2H3/b10-8+. The van der Waals surface area contributed by atoms with E-state index in [9.17, 15) is 9.90 Å². The van der Waals surface area contributed by atoms with E-state index in [-0.39, 0.29) is 11.5 Å². The molecule has 0 spiro atoms. The zero-order valence-corrected chi connectivity index (χ0v) is 11.5. The number of hydrogen-bond donors (Lipinski definition) is 1. The Morgan fingerprint density at radius 2 is 1.95 bits per heavy atom. The summed E-state index contributed by atoms with van der Waals surface area (Å²) in [5.41, 5.74) is 2.04. The minimum absolute atomic E-state index is 0.00900. The van der Waals surface area contributed by atoms with Crippen molar-refractivity contribution in [2.45, 2.75) is 6.92 Å². The van der Waals surface area contributed by atoms with E-state index < -0.39 is 0 Å². The lowest BCUT2D eigenvalue weighted by Crippen LogP contribution is -1.96. The van der Waals surface area contributed by atoms with Gasteiger partial charge in [-0.05, 0) is 37.3 Å². The highest BCUT2D eigenvalue weighted by molar-refractivity contribution is 6.08. The molecule has 2 aromatic rings. The van der Waals surface area contributed by atoms with Crippen LogP contribution in [0.1, 0.15) is 21.5 Å². The van der Waals surface area contributed by atoms with Crippen molar-refractivity contribution in [2.75, 3.05) is 7.11 Å². The Hall–Kier alpha value is -2.55. The Morgan fingerprint density at radius 1 is 1.20 bits per heavy atom. The summed E-state index contributed by atoms with van der Waals surface area (Å²) in [5.74, 6) is 0.451. The van der Waals surface area contributed by atoms with Crippen molar-refractivity contribution in [1.82, 2.24) is 0 Å². The van der Waals surface area contributed by atoms with E-state index in [1.807, 2.05) is 31.2 Å². The number of allylic oxidation sites excluding steroid dienone is 1. The number of benzene rings is 2. The lowest BCUT2D eigenvalue weighted by molar-refractivity contribution is 0.104. The van der Waals surface area contributed by atoms with Gasteiger partial charge < -0.3 is 9.84 Å². The maximum Gasteiger partial charge on any atom is 0.189 e. The molecule has 0 saturated heterocycles. The van der Waals surface area contributed by atoms with Crippen molar-refractivity contribution >= 4 is 11.9 Å². The predicted molar refractivity (Wildman–Crippen MR) is 79.2 cm³/mol. The average molecular weight is 268 g/mol. The van der Waals surface area contributed by atoms with Crippen LogP contribution in [0.2, 0.25) is 0 Å². The Bertz CT molecular complexity index is 657. The topological polar surface area (TPSA) is 46.5 Å². The average Bonchev–Trinajstić information content (AvgIpc) is 2.47. The first kappa shape index (κ1) is 13.9. The molecule has 20 heavy (non-hydrogen) atoms. The number of ether oxygens (including phenoxy) is 1. The minimum Gasteiger partial charge on any atom is -0.507 e. The van der Waals surface area contributed by atoms with E-state index >= 15 is 0 Å². The summed E-state index contributed by atoms with van der Waals surface area (Å²) in [7, 11) is 1.58. The third kappa shape index (κ3) is 3.06. The quantitative estimate of drug-likeness (QED) is 0.680. The number of aryl methyl sites for hydroxylation is 1. The van der Waals surface area contributed by atoms with Gasteiger partial charge in [-0.1, -0.05) is 29.8 Å². The second-order valence-electron chi connectivity index (χ2n) is 4.46. The SMILES string of the molecule is COc1ccccc1/C=C/C(=O)c1cc(C)ccc1O. The molecule has 0 saturated carbocycles. The number of phenols is 1. The van der Waals surface area contributed by atoms with Crippen molar-refractivity contribution in [3.8, 4) is 11.5 Å². The van der Waals surface area contributed by atoms with E-state index in [0.717, 1.165) is 11.1 Å². The van der Waals surface area contributed by atoms with Crippen molar-refractivity contribution in [3.63, 3.8) is 0 Å². The van der Waals surface area contributed by atoms with Crippen LogP contribution >= 0.6 is 0 Å². The Labute approximate surface area is 118 Å². The van der Waals surface area contributed by atoms with Crippen molar-refractivity contribution in [2.24, 2.45) is 0 Å². The molecule has 0 radical (unpaired) electrons. The predicted octanol–water partition coefficient (Wildman–Crippen LogP) is 3.61. The van der Waals surface area contributed by atoms with E-state index in [4.69, 9.17) is 4.74 Å². The number of ketones is 1. The number of methoxy groups -OCH3 is 1. The summed E-state index contributed by atoms with van der Waals surface area (Å²) in [6.07, 6.45) is 3.12. The molecule has 0 aromatic heterocycles. The monoisotopic (exact) mass is 268 g/mol. The fraction of sp³-hybridized carbons (Fsp3) is 0.118. The molecule has 0 heterocycles. The number of carbonyl (C=O) groups excluding carboxylic acids is 1. The molecule has 0 aliphatic carbocycles. The smallest absolute Gasteiger partial charge is 0.189 e. The molecule has 0 unspecified atom stereocenters. The number of phenolic OH excluding ortho intramolecular Hbond substituents is 1. The lowest BCUT2D eigenvalue weighted by atomic mass is 10.1. The normalized spacial score (nSPS) is 10.7. The van der Waals surface area contributed by atoms with Gasteiger partial charge in [-0.25, -0.2) is 0 Å². The molecule has 2 rings (SSSR count). The molecule has 2 aromatic carbocycles. The molecule has 0 bridgehead atoms. The molecular weight excluding hydrogens is 252 g/mol. The fourth-order valence-electron chi connectivity index (χ4n) is 1.91. The van der Waals surface area contributed by atoms with Gasteiger partial charge in [-0.15, -0.1) is 0 Å². The second-order valence-corrected chi connectivity index (χ2v) is 4.46. The zero-order valence-electron chi connectivity index (χ0n) is 11.5. The summed E-state index contributed by atoms with van der Waals surface area (Å²) in [5, 5.41) is 9.72. The summed E-state index contributed by atoms with van der Waals surface area (Å²) in [6, 6.07) is 12.4. The Balaban J connectivity index is 2.27. The zero-order chi connectivity index (χ0) is 14.5. The highest BCUT2D eigenvalue weighted by Crippen LogP contribution is 2.22. The van der Waals surface area contributed by atoms with Gasteiger partial charge in [0.25, 0.3) is 0 Å². The maximum absolute atomic E-state index is 12.1. The second kappa shape index (κ2) is 6.06. The molecule has 0 amide bonds. The van der Waals surface area contributed by atoms with Crippen LogP contribution in [0.3, 0.4) is 0 Å². The van der Waals surface area contributed by atoms with E-state index in [0.29, 0.717) is 11.3 Å². The first-order valence-electron chi connectivity index (χ1n) is 6.27. The van der Waals surface area contributed by atoms with Gasteiger partial charge in [0.1, 0.15) is 11.5 Å². The van der Waals surface area contributed by atoms with E-state index in [1.165, 1.54) is 12.1 Å². The Morgan fingerprint density at radius 3 is 2.70 bits per heavy atom. The van der Waals surface area contributed by atoms with Gasteiger partial charge in [0.15, 0.2) is 5.78 Å². The molecule has 3 heteroatoms. The molecule has 0 aliphatic rings. The van der Waals surface area contributed by atoms with Crippen LogP contribution < -0.4 is 4.74 Å². The van der Waals surface area contributed by atoms with Crippen LogP contribution in [0, 0.1) is 6.92 Å². The molecular formula is C17H16O3. The highest BCUT2D eigenvalue weighted by atomic mass is 16.5. The van der Waals surface area contributed by atoms with Crippen LogP contribution in [0.4, 0.5) is 0 Å². The van der Waals surface area contributed by atoms with Gasteiger partial charge in [0, 0.05) is 5.56 Å². The minimum atomic E-state index is -0.239. The van der Waals surface area contributed by atoms with Crippen LogP contribution in [0.5, 0.6) is 11.5 Å². The lowest BCUT2D eigenvalue weighted by Gasteiger charge is -2.04. The number of rotatable bonds is 4. The Kier molecular flexibility index (Phi) is 4.20. The first-order valence-corrected chi connectivity index (χ1v) is 6.27. The number of carbonyl (C=O) groups is 1. The number of para-hydroxylation sites is 1. The molecule has 0 aliphatic heterocycles. The van der Waals surface area contributed by atoms with E-state index in [1.54, 1.807) is 25.3 Å². The summed E-state index contributed by atoms with van der Waals surface area (Å²) in [4.78, 5) is 12.1. The van der Waals surface area contributed by atoms with Crippen LogP contribution in [-0.4, -0.2) is 18.0 Å². The van der Waals surface area contributed by atoms with Gasteiger partial charge in [0.2, 0.25) is 0 Å². The summed E-state index contributed by atoms with van der Waals surface area (Å²) >= 11 is 0. The maximum atomic E-state index is 12.1. The van der Waals surface area contributed by atoms with Crippen LogP contribution in [0.15, 0.2) is 48.5 Å². The third-order valence-electron chi connectivity index (χ3n) is 2.97. The number of aromatic hydroxyl groups is 1. The van der Waals surface area contributed by atoms with E-state index in [2.05, 4.69) is 0 Å². The van der Waals surface area contributed by atoms with Crippen molar-refractivity contribution < 1.29 is 14.6 Å². The van der Waals surface area contributed by atoms with Crippen molar-refractivity contribution in [1.29, 1.82) is 0 Å². The summed E-state index contributed by atoms with van der Waals surface area (Å²) in [6.45, 7) is 1.88. The molecule has 3 nitrogen and oxygen atoms in total. The van der Waals surface area contributed by atoms with Gasteiger partial charge >= 0.3 is 0 Å². The van der Waals surface area contributed by atoms with Crippen LogP contribution in [0.25, 0.3) is 6.08 Å². The van der Waals surface area contributed by atoms with Gasteiger partial charge in [-0.3, -0.25) is 4.79 Å². The summed E-state index contributed by atoms with van der Waals surface area (Å²) < 4.78 is 5.21. The largest absolute Gasteiger partial charge is 0.507 e. The van der Waals surface area contributed by atoms with Crippen molar-refractivity contribution in [3.05, 3.63) is 65.2 Å². The molecule has 1 N–H and O–H groups in total. The third-order valence-corrected chi connectivity index (χ3v) is 2.97. The van der Waals surface area contributed by atoms with Gasteiger partial charge in [-0.2, -0.15) is 0 Å². The first-order chi connectivity index (χ1) is 9.61. The van der Waals surface area contributed by atoms with Crippen LogP contribution in [-0.2, 0) is 0 Å².